The van der Waals surface area contributed by atoms with Gasteiger partial charge in [-0.1, -0.05) is 11.6 Å². The first-order valence-corrected chi connectivity index (χ1v) is 4.40. The van der Waals surface area contributed by atoms with Gasteiger partial charge in [-0.2, -0.15) is 0 Å². The lowest BCUT2D eigenvalue weighted by Gasteiger charge is -1.92. The molecule has 0 aromatic carbocycles. The maximum atomic E-state index is 5.57. The summed E-state index contributed by atoms with van der Waals surface area (Å²) in [6, 6.07) is 0. The van der Waals surface area contributed by atoms with E-state index in [0.29, 0.717) is 16.8 Å². The number of halogens is 4. The molecule has 0 aliphatic heterocycles. The molecule has 0 bridgehead atoms. The molecule has 0 unspecified atom stereocenters. The number of hydrogen-bond acceptors (Lipinski definition) is 0. The Labute approximate surface area is 77.3 Å². The van der Waals surface area contributed by atoms with Gasteiger partial charge >= 0.3 is 0 Å². The van der Waals surface area contributed by atoms with E-state index in [4.69, 9.17) is 34.8 Å². The van der Waals surface area contributed by atoms with Crippen LogP contribution >= 0.6 is 57.4 Å². The highest BCUT2D eigenvalue weighted by Gasteiger charge is 1.95. The Kier molecular flexibility index (Phi) is 6.01. The van der Waals surface area contributed by atoms with E-state index >= 15 is 0 Å². The smallest absolute Gasteiger partial charge is 0.0589 e. The van der Waals surface area contributed by atoms with Crippen LogP contribution in [0.1, 0.15) is 0 Å². The third-order valence-electron chi connectivity index (χ3n) is 0.529. The zero-order valence-corrected chi connectivity index (χ0v) is 8.35. The molecule has 48 valence electrons. The molecule has 0 atom stereocenters. The number of rotatable bonds is 2. The summed E-state index contributed by atoms with van der Waals surface area (Å²) in [6.07, 6.45) is 0. The van der Waals surface area contributed by atoms with Crippen molar-refractivity contribution in [1.82, 2.24) is 0 Å². The van der Waals surface area contributed by atoms with E-state index in [1.54, 1.807) is 0 Å². The van der Waals surface area contributed by atoms with Crippen LogP contribution in [0.2, 0.25) is 0 Å². The fourth-order valence-electron chi connectivity index (χ4n) is 0.145. The van der Waals surface area contributed by atoms with Gasteiger partial charge in [0, 0.05) is 8.61 Å². The SMILES string of the molecule is ClC/C(Cl)=C(\I)CCl. The van der Waals surface area contributed by atoms with Crippen LogP contribution in [0.15, 0.2) is 8.61 Å². The fraction of sp³-hybridized carbons (Fsp3) is 0.500. The minimum atomic E-state index is 0.354. The minimum Gasteiger partial charge on any atom is -0.121 e. The van der Waals surface area contributed by atoms with E-state index in [1.165, 1.54) is 0 Å². The predicted molar refractivity (Wildman–Crippen MR) is 48.3 cm³/mol. The molecule has 0 nitrogen and oxygen atoms in total. The van der Waals surface area contributed by atoms with E-state index < -0.39 is 0 Å². The molecule has 0 aromatic rings. The normalized spacial score (nSPS) is 13.5. The number of allylic oxidation sites excluding steroid dienone is 2. The molecule has 0 aromatic heterocycles. The van der Waals surface area contributed by atoms with Crippen LogP contribution < -0.4 is 0 Å². The van der Waals surface area contributed by atoms with Crippen LogP contribution in [-0.4, -0.2) is 11.8 Å². The van der Waals surface area contributed by atoms with E-state index in [-0.39, 0.29) is 0 Å². The van der Waals surface area contributed by atoms with Gasteiger partial charge in [0.15, 0.2) is 0 Å². The largest absolute Gasteiger partial charge is 0.121 e. The van der Waals surface area contributed by atoms with Crippen LogP contribution in [0.4, 0.5) is 0 Å². The lowest BCUT2D eigenvalue weighted by atomic mass is 10.6. The van der Waals surface area contributed by atoms with Gasteiger partial charge in [-0.05, 0) is 22.6 Å². The van der Waals surface area contributed by atoms with Crippen molar-refractivity contribution in [1.29, 1.82) is 0 Å². The standard InChI is InChI=1S/C4H4Cl3I/c5-1-3(7)4(8)2-6/h1-2H2/b4-3+. The topological polar surface area (TPSA) is 0 Å². The van der Waals surface area contributed by atoms with Gasteiger partial charge in [0.05, 0.1) is 11.8 Å². The Bertz CT molecular complexity index is 87.5. The van der Waals surface area contributed by atoms with Crippen LogP contribution in [0.5, 0.6) is 0 Å². The summed E-state index contributed by atoms with van der Waals surface area (Å²) in [6.45, 7) is 0. The van der Waals surface area contributed by atoms with Crippen molar-refractivity contribution < 1.29 is 0 Å². The third-order valence-corrected chi connectivity index (χ3v) is 3.36. The summed E-state index contributed by atoms with van der Waals surface area (Å²) in [7, 11) is 0. The Morgan fingerprint density at radius 3 is 1.88 bits per heavy atom. The summed E-state index contributed by atoms with van der Waals surface area (Å²) in [4.78, 5) is 0. The molecule has 0 saturated heterocycles. The molecule has 0 amide bonds. The fourth-order valence-corrected chi connectivity index (χ4v) is 1.02. The van der Waals surface area contributed by atoms with Gasteiger partial charge in [-0.25, -0.2) is 0 Å². The maximum absolute atomic E-state index is 5.57. The Morgan fingerprint density at radius 2 is 1.75 bits per heavy atom. The summed E-state index contributed by atoms with van der Waals surface area (Å²) in [5.74, 6) is 0.804. The highest BCUT2D eigenvalue weighted by Crippen LogP contribution is 2.18. The number of hydrogen-bond donors (Lipinski definition) is 0. The molecule has 0 N–H and O–H groups in total. The van der Waals surface area contributed by atoms with Crippen molar-refractivity contribution in [2.45, 2.75) is 0 Å². The highest BCUT2D eigenvalue weighted by molar-refractivity contribution is 14.1. The number of alkyl halides is 2. The molecule has 4 heteroatoms. The first-order chi connectivity index (χ1) is 3.72. The van der Waals surface area contributed by atoms with E-state index in [0.717, 1.165) is 3.58 Å². The Morgan fingerprint density at radius 1 is 1.25 bits per heavy atom. The Hall–Kier alpha value is 1.34. The molecule has 0 radical (unpaired) electrons. The molecule has 0 heterocycles. The van der Waals surface area contributed by atoms with Crippen molar-refractivity contribution in [2.75, 3.05) is 11.8 Å². The lowest BCUT2D eigenvalue weighted by molar-refractivity contribution is 1.58. The van der Waals surface area contributed by atoms with Crippen molar-refractivity contribution in [2.24, 2.45) is 0 Å². The van der Waals surface area contributed by atoms with Crippen LogP contribution in [0.25, 0.3) is 0 Å². The lowest BCUT2D eigenvalue weighted by Crippen LogP contribution is -1.79. The van der Waals surface area contributed by atoms with Crippen molar-refractivity contribution in [3.63, 3.8) is 0 Å². The van der Waals surface area contributed by atoms with Crippen molar-refractivity contribution in [3.8, 4) is 0 Å². The van der Waals surface area contributed by atoms with Crippen molar-refractivity contribution in [3.05, 3.63) is 8.61 Å². The second-order valence-corrected chi connectivity index (χ2v) is 3.37. The van der Waals surface area contributed by atoms with Gasteiger partial charge < -0.3 is 0 Å². The van der Waals surface area contributed by atoms with E-state index in [2.05, 4.69) is 22.6 Å². The van der Waals surface area contributed by atoms with Gasteiger partial charge in [0.2, 0.25) is 0 Å². The second-order valence-electron chi connectivity index (χ2n) is 1.08. The maximum Gasteiger partial charge on any atom is 0.0589 e. The Balaban J connectivity index is 3.83. The third kappa shape index (κ3) is 3.38. The molecule has 0 spiro atoms. The molecule has 0 aliphatic rings. The predicted octanol–water partition coefficient (Wildman–Crippen LogP) is 3.35. The van der Waals surface area contributed by atoms with E-state index in [9.17, 15) is 0 Å². The summed E-state index contributed by atoms with van der Waals surface area (Å²) >= 11 is 18.4. The van der Waals surface area contributed by atoms with Crippen LogP contribution in [-0.2, 0) is 0 Å². The quantitative estimate of drug-likeness (QED) is 0.539. The molecular formula is C4H4Cl3I. The second kappa shape index (κ2) is 5.15. The highest BCUT2D eigenvalue weighted by atomic mass is 127. The zero-order chi connectivity index (χ0) is 6.57. The first-order valence-electron chi connectivity index (χ1n) is 1.87. The molecule has 0 saturated carbocycles. The molecule has 0 aliphatic carbocycles. The van der Waals surface area contributed by atoms with Crippen LogP contribution in [0.3, 0.4) is 0 Å². The summed E-state index contributed by atoms with van der Waals surface area (Å²) in [5.41, 5.74) is 0. The zero-order valence-electron chi connectivity index (χ0n) is 3.93. The van der Waals surface area contributed by atoms with Gasteiger partial charge in [-0.3, -0.25) is 0 Å². The van der Waals surface area contributed by atoms with Gasteiger partial charge in [-0.15, -0.1) is 23.2 Å². The van der Waals surface area contributed by atoms with Gasteiger partial charge in [0.1, 0.15) is 0 Å². The average Bonchev–Trinajstić information content (AvgIpc) is 1.84. The first kappa shape index (κ1) is 9.34. The molecule has 0 fully saturated rings. The minimum absolute atomic E-state index is 0.354. The summed E-state index contributed by atoms with van der Waals surface area (Å²) < 4.78 is 0.918. The molecule has 0 rings (SSSR count). The van der Waals surface area contributed by atoms with Gasteiger partial charge in [0.25, 0.3) is 0 Å². The molecule has 8 heavy (non-hydrogen) atoms. The summed E-state index contributed by atoms with van der Waals surface area (Å²) in [5, 5.41) is 0.641. The average molecular weight is 285 g/mol. The van der Waals surface area contributed by atoms with Crippen molar-refractivity contribution >= 4 is 57.4 Å². The van der Waals surface area contributed by atoms with E-state index in [1.807, 2.05) is 0 Å². The monoisotopic (exact) mass is 284 g/mol. The molecular weight excluding hydrogens is 281 g/mol. The van der Waals surface area contributed by atoms with Crippen LogP contribution in [0, 0.1) is 0 Å².